The lowest BCUT2D eigenvalue weighted by Crippen LogP contribution is -2.16. The fraction of sp³-hybridized carbons (Fsp3) is 0.333. The van der Waals surface area contributed by atoms with Gasteiger partial charge in [0.25, 0.3) is 0 Å². The van der Waals surface area contributed by atoms with E-state index >= 15 is 0 Å². The Morgan fingerprint density at radius 2 is 1.90 bits per heavy atom. The van der Waals surface area contributed by atoms with Crippen LogP contribution in [0, 0.1) is 17.4 Å². The van der Waals surface area contributed by atoms with Crippen LogP contribution in [0.2, 0.25) is 0 Å². The minimum atomic E-state index is 0.481. The van der Waals surface area contributed by atoms with Gasteiger partial charge in [-0.05, 0) is 79.5 Å². The monoisotopic (exact) mass is 379 g/mol. The number of nitrogens with one attached hydrogen (secondary N) is 1. The molecule has 0 heterocycles. The van der Waals surface area contributed by atoms with Crippen LogP contribution in [0.5, 0.6) is 0 Å². The van der Waals surface area contributed by atoms with Crippen molar-refractivity contribution in [3.8, 4) is 0 Å². The van der Waals surface area contributed by atoms with E-state index < -0.39 is 0 Å². The molecule has 0 saturated heterocycles. The van der Waals surface area contributed by atoms with Crippen molar-refractivity contribution in [1.82, 2.24) is 0 Å². The Kier molecular flexibility index (Phi) is 5.46. The fourth-order valence-electron chi connectivity index (χ4n) is 2.29. The molecule has 20 heavy (non-hydrogen) atoms. The van der Waals surface area contributed by atoms with Gasteiger partial charge in [0.15, 0.2) is 0 Å². The molecule has 2 aromatic carbocycles. The highest BCUT2D eigenvalue weighted by atomic mass is 127. The number of aryl methyl sites for hydroxylation is 3. The van der Waals surface area contributed by atoms with Crippen LogP contribution in [0.1, 0.15) is 30.0 Å². The van der Waals surface area contributed by atoms with Gasteiger partial charge in [-0.1, -0.05) is 35.9 Å². The van der Waals surface area contributed by atoms with E-state index in [-0.39, 0.29) is 0 Å². The number of hydrogen-bond acceptors (Lipinski definition) is 1. The first kappa shape index (κ1) is 15.4. The first-order valence-corrected chi connectivity index (χ1v) is 8.20. The predicted molar refractivity (Wildman–Crippen MR) is 96.5 cm³/mol. The van der Waals surface area contributed by atoms with Crippen molar-refractivity contribution >= 4 is 28.3 Å². The fourth-order valence-corrected chi connectivity index (χ4v) is 2.81. The highest BCUT2D eigenvalue weighted by molar-refractivity contribution is 14.1. The van der Waals surface area contributed by atoms with Crippen molar-refractivity contribution in [1.29, 1.82) is 0 Å². The van der Waals surface area contributed by atoms with Crippen LogP contribution >= 0.6 is 22.6 Å². The Morgan fingerprint density at radius 3 is 2.60 bits per heavy atom. The van der Waals surface area contributed by atoms with Crippen LogP contribution in [0.15, 0.2) is 42.5 Å². The molecule has 0 aliphatic carbocycles. The van der Waals surface area contributed by atoms with E-state index in [1.54, 1.807) is 0 Å². The maximum atomic E-state index is 3.59. The molecule has 0 saturated carbocycles. The van der Waals surface area contributed by atoms with Crippen molar-refractivity contribution < 1.29 is 0 Å². The molecular formula is C18H22IN. The molecule has 0 spiro atoms. The summed E-state index contributed by atoms with van der Waals surface area (Å²) in [6, 6.07) is 15.8. The summed E-state index contributed by atoms with van der Waals surface area (Å²) in [6.07, 6.45) is 2.27. The number of rotatable bonds is 5. The maximum absolute atomic E-state index is 3.59. The van der Waals surface area contributed by atoms with Gasteiger partial charge in [-0.15, -0.1) is 0 Å². The first-order valence-electron chi connectivity index (χ1n) is 7.13. The van der Waals surface area contributed by atoms with E-state index in [0.29, 0.717) is 6.04 Å². The van der Waals surface area contributed by atoms with E-state index in [1.807, 2.05) is 0 Å². The molecule has 0 aromatic heterocycles. The molecule has 0 amide bonds. The van der Waals surface area contributed by atoms with Gasteiger partial charge in [0, 0.05) is 15.3 Å². The predicted octanol–water partition coefficient (Wildman–Crippen LogP) is 5.34. The Hall–Kier alpha value is -1.03. The van der Waals surface area contributed by atoms with Gasteiger partial charge in [-0.2, -0.15) is 0 Å². The van der Waals surface area contributed by atoms with Gasteiger partial charge in [-0.25, -0.2) is 0 Å². The standard InChI is InChI=1S/C18H22IN/c1-13-5-4-6-16(11-13)9-8-15(3)20-17-10-7-14(2)18(19)12-17/h4-7,10-12,15,20H,8-9H2,1-3H3. The zero-order valence-corrected chi connectivity index (χ0v) is 14.6. The van der Waals surface area contributed by atoms with Crippen LogP contribution in [0.25, 0.3) is 0 Å². The molecule has 0 aliphatic rings. The zero-order valence-electron chi connectivity index (χ0n) is 12.4. The van der Waals surface area contributed by atoms with E-state index in [2.05, 4.69) is 91.1 Å². The smallest absolute Gasteiger partial charge is 0.0353 e. The lowest BCUT2D eigenvalue weighted by Gasteiger charge is -2.16. The molecular weight excluding hydrogens is 357 g/mol. The summed E-state index contributed by atoms with van der Waals surface area (Å²) in [5, 5.41) is 3.59. The van der Waals surface area contributed by atoms with Gasteiger partial charge in [0.05, 0.1) is 0 Å². The number of benzene rings is 2. The van der Waals surface area contributed by atoms with Crippen LogP contribution in [0.3, 0.4) is 0 Å². The largest absolute Gasteiger partial charge is 0.383 e. The topological polar surface area (TPSA) is 12.0 Å². The molecule has 1 atom stereocenters. The highest BCUT2D eigenvalue weighted by Gasteiger charge is 2.04. The first-order chi connectivity index (χ1) is 9.54. The van der Waals surface area contributed by atoms with Crippen LogP contribution < -0.4 is 5.32 Å². The SMILES string of the molecule is Cc1cccc(CCC(C)Nc2ccc(C)c(I)c2)c1. The van der Waals surface area contributed by atoms with Crippen molar-refractivity contribution in [2.45, 2.75) is 39.7 Å². The van der Waals surface area contributed by atoms with E-state index in [0.717, 1.165) is 12.8 Å². The van der Waals surface area contributed by atoms with E-state index in [9.17, 15) is 0 Å². The summed E-state index contributed by atoms with van der Waals surface area (Å²) in [6.45, 7) is 6.55. The summed E-state index contributed by atoms with van der Waals surface area (Å²) in [5.74, 6) is 0. The number of halogens is 1. The normalized spacial score (nSPS) is 12.2. The Bertz CT molecular complexity index is 577. The third-order valence-electron chi connectivity index (χ3n) is 3.53. The summed E-state index contributed by atoms with van der Waals surface area (Å²) in [4.78, 5) is 0. The van der Waals surface area contributed by atoms with Crippen LogP contribution in [-0.4, -0.2) is 6.04 Å². The molecule has 0 aliphatic heterocycles. The number of anilines is 1. The zero-order chi connectivity index (χ0) is 14.5. The lowest BCUT2D eigenvalue weighted by molar-refractivity contribution is 0.706. The second kappa shape index (κ2) is 7.11. The molecule has 2 aromatic rings. The van der Waals surface area contributed by atoms with Crippen LogP contribution in [-0.2, 0) is 6.42 Å². The molecule has 106 valence electrons. The molecule has 0 fully saturated rings. The highest BCUT2D eigenvalue weighted by Crippen LogP contribution is 2.18. The lowest BCUT2D eigenvalue weighted by atomic mass is 10.0. The molecule has 1 nitrogen and oxygen atoms in total. The van der Waals surface area contributed by atoms with Crippen molar-refractivity contribution in [2.75, 3.05) is 5.32 Å². The average molecular weight is 379 g/mol. The molecule has 1 N–H and O–H groups in total. The molecule has 2 rings (SSSR count). The second-order valence-corrected chi connectivity index (χ2v) is 6.70. The van der Waals surface area contributed by atoms with Gasteiger partial charge in [0.2, 0.25) is 0 Å². The number of hydrogen-bond donors (Lipinski definition) is 1. The summed E-state index contributed by atoms with van der Waals surface area (Å²) >= 11 is 2.39. The quantitative estimate of drug-likeness (QED) is 0.692. The average Bonchev–Trinajstić information content (AvgIpc) is 2.41. The molecule has 0 bridgehead atoms. The van der Waals surface area contributed by atoms with Crippen LogP contribution in [0.4, 0.5) is 5.69 Å². The van der Waals surface area contributed by atoms with Crippen molar-refractivity contribution in [2.24, 2.45) is 0 Å². The molecule has 2 heteroatoms. The Labute approximate surface area is 135 Å². The third-order valence-corrected chi connectivity index (χ3v) is 4.70. The van der Waals surface area contributed by atoms with E-state index in [1.165, 1.54) is 25.9 Å². The van der Waals surface area contributed by atoms with Crippen molar-refractivity contribution in [3.63, 3.8) is 0 Å². The van der Waals surface area contributed by atoms with Gasteiger partial charge < -0.3 is 5.32 Å². The Morgan fingerprint density at radius 1 is 1.10 bits per heavy atom. The minimum Gasteiger partial charge on any atom is -0.383 e. The third kappa shape index (κ3) is 4.51. The van der Waals surface area contributed by atoms with Gasteiger partial charge >= 0.3 is 0 Å². The summed E-state index contributed by atoms with van der Waals surface area (Å²) in [5.41, 5.74) is 5.33. The maximum Gasteiger partial charge on any atom is 0.0353 e. The van der Waals surface area contributed by atoms with Gasteiger partial charge in [-0.3, -0.25) is 0 Å². The summed E-state index contributed by atoms with van der Waals surface area (Å²) in [7, 11) is 0. The van der Waals surface area contributed by atoms with E-state index in [4.69, 9.17) is 0 Å². The second-order valence-electron chi connectivity index (χ2n) is 5.54. The minimum absolute atomic E-state index is 0.481. The molecule has 0 radical (unpaired) electrons. The van der Waals surface area contributed by atoms with Gasteiger partial charge in [0.1, 0.15) is 0 Å². The van der Waals surface area contributed by atoms with Crippen molar-refractivity contribution in [3.05, 3.63) is 62.7 Å². The Balaban J connectivity index is 1.89. The molecule has 1 unspecified atom stereocenters. The summed E-state index contributed by atoms with van der Waals surface area (Å²) < 4.78 is 1.32.